The predicted octanol–water partition coefficient (Wildman–Crippen LogP) is 14.7. The number of aromatic nitrogens is 3. The molecule has 0 saturated heterocycles. The maximum Gasteiger partial charge on any atom is 0.160 e. The Morgan fingerprint density at radius 1 is 0.351 bits per heavy atom. The molecule has 0 radical (unpaired) electrons. The third-order valence-electron chi connectivity index (χ3n) is 10.6. The molecule has 0 aliphatic carbocycles. The van der Waals surface area contributed by atoms with E-state index < -0.39 is 0 Å². The van der Waals surface area contributed by atoms with Crippen LogP contribution in [0.15, 0.2) is 182 Å². The van der Waals surface area contributed by atoms with Gasteiger partial charge in [-0.1, -0.05) is 72.8 Å². The molecule has 0 bridgehead atoms. The summed E-state index contributed by atoms with van der Waals surface area (Å²) < 4.78 is 19.3. The molecule has 57 heavy (non-hydrogen) atoms. The van der Waals surface area contributed by atoms with Gasteiger partial charge in [-0.2, -0.15) is 0 Å². The van der Waals surface area contributed by atoms with Gasteiger partial charge < -0.3 is 0 Å². The summed E-state index contributed by atoms with van der Waals surface area (Å²) in [6.07, 6.45) is 3.64. The van der Waals surface area contributed by atoms with Crippen molar-refractivity contribution >= 4 is 63.0 Å². The van der Waals surface area contributed by atoms with Crippen molar-refractivity contribution in [3.8, 4) is 67.3 Å². The fourth-order valence-corrected chi connectivity index (χ4v) is 9.96. The van der Waals surface area contributed by atoms with Crippen LogP contribution in [0.25, 0.3) is 108 Å². The molecule has 0 aliphatic heterocycles. The van der Waals surface area contributed by atoms with Crippen molar-refractivity contribution in [3.63, 3.8) is 0 Å². The smallest absolute Gasteiger partial charge is 0.160 e. The van der Waals surface area contributed by atoms with Crippen molar-refractivity contribution in [2.75, 3.05) is 0 Å². The van der Waals surface area contributed by atoms with Crippen LogP contribution in [0.2, 0.25) is 0 Å². The van der Waals surface area contributed by atoms with Gasteiger partial charge in [0.15, 0.2) is 5.82 Å². The zero-order chi connectivity index (χ0) is 37.9. The van der Waals surface area contributed by atoms with Gasteiger partial charge >= 0.3 is 0 Å². The highest BCUT2D eigenvalue weighted by atomic mass is 32.1. The number of halogens is 1. The van der Waals surface area contributed by atoms with Gasteiger partial charge in [0.1, 0.15) is 5.82 Å². The lowest BCUT2D eigenvalue weighted by atomic mass is 9.93. The molecular weight excluding hydrogens is 738 g/mol. The van der Waals surface area contributed by atoms with E-state index in [1.54, 1.807) is 18.3 Å². The predicted molar refractivity (Wildman–Crippen MR) is 238 cm³/mol. The molecule has 3 nitrogen and oxygen atoms in total. The highest BCUT2D eigenvalue weighted by Gasteiger charge is 2.16. The van der Waals surface area contributed by atoms with Crippen LogP contribution in [-0.4, -0.2) is 15.0 Å². The van der Waals surface area contributed by atoms with E-state index in [0.29, 0.717) is 11.5 Å². The minimum atomic E-state index is -0.291. The summed E-state index contributed by atoms with van der Waals surface area (Å²) in [5.41, 5.74) is 10.6. The van der Waals surface area contributed by atoms with Gasteiger partial charge in [-0.05, 0) is 125 Å². The van der Waals surface area contributed by atoms with E-state index in [9.17, 15) is 4.39 Å². The lowest BCUT2D eigenvalue weighted by Gasteiger charge is -2.14. The Labute approximate surface area is 336 Å². The monoisotopic (exact) mass is 767 g/mol. The highest BCUT2D eigenvalue weighted by molar-refractivity contribution is 7.26. The normalized spacial score (nSPS) is 11.6. The molecular formula is C51H30FN3S2. The number of hydrogen-bond acceptors (Lipinski definition) is 5. The maximum atomic E-state index is 14.2. The molecule has 0 amide bonds. The minimum Gasteiger partial charge on any atom is -0.264 e. The summed E-state index contributed by atoms with van der Waals surface area (Å²) in [4.78, 5) is 14.7. The molecule has 11 aromatic rings. The molecule has 7 aromatic carbocycles. The Balaban J connectivity index is 1.13. The van der Waals surface area contributed by atoms with E-state index >= 15 is 0 Å². The van der Waals surface area contributed by atoms with E-state index in [2.05, 4.69) is 120 Å². The van der Waals surface area contributed by atoms with Crippen molar-refractivity contribution in [3.05, 3.63) is 188 Å². The number of fused-ring (bicyclic) bond motifs is 6. The molecule has 0 fully saturated rings. The first-order valence-electron chi connectivity index (χ1n) is 18.7. The quantitative estimate of drug-likeness (QED) is 0.169. The zero-order valence-corrected chi connectivity index (χ0v) is 32.0. The van der Waals surface area contributed by atoms with Crippen molar-refractivity contribution in [1.82, 2.24) is 15.0 Å². The molecule has 4 heterocycles. The topological polar surface area (TPSA) is 38.7 Å². The third kappa shape index (κ3) is 6.16. The van der Waals surface area contributed by atoms with Crippen molar-refractivity contribution in [2.24, 2.45) is 0 Å². The van der Waals surface area contributed by atoms with Gasteiger partial charge in [0, 0.05) is 75.0 Å². The van der Waals surface area contributed by atoms with Crippen LogP contribution in [0, 0.1) is 5.82 Å². The Kier molecular flexibility index (Phi) is 8.05. The second-order valence-electron chi connectivity index (χ2n) is 14.2. The van der Waals surface area contributed by atoms with Crippen LogP contribution < -0.4 is 0 Å². The zero-order valence-electron chi connectivity index (χ0n) is 30.4. The van der Waals surface area contributed by atoms with Gasteiger partial charge in [0.05, 0.1) is 11.4 Å². The van der Waals surface area contributed by atoms with E-state index in [0.717, 1.165) is 55.8 Å². The van der Waals surface area contributed by atoms with Crippen LogP contribution in [-0.2, 0) is 0 Å². The second kappa shape index (κ2) is 13.7. The van der Waals surface area contributed by atoms with Gasteiger partial charge in [-0.3, -0.25) is 4.98 Å². The first kappa shape index (κ1) is 33.5. The number of rotatable bonds is 6. The molecule has 0 spiro atoms. The number of hydrogen-bond donors (Lipinski definition) is 0. The van der Waals surface area contributed by atoms with E-state index in [-0.39, 0.29) is 5.82 Å². The Morgan fingerprint density at radius 3 is 1.49 bits per heavy atom. The number of pyridine rings is 1. The highest BCUT2D eigenvalue weighted by Crippen LogP contribution is 2.41. The van der Waals surface area contributed by atoms with Crippen molar-refractivity contribution in [1.29, 1.82) is 0 Å². The summed E-state index contributed by atoms with van der Waals surface area (Å²) in [7, 11) is 0. The van der Waals surface area contributed by atoms with Crippen LogP contribution in [0.3, 0.4) is 0 Å². The van der Waals surface area contributed by atoms with Gasteiger partial charge in [0.2, 0.25) is 0 Å². The van der Waals surface area contributed by atoms with E-state index in [4.69, 9.17) is 9.97 Å². The lowest BCUT2D eigenvalue weighted by Crippen LogP contribution is -1.97. The molecule has 0 unspecified atom stereocenters. The molecule has 6 heteroatoms. The van der Waals surface area contributed by atoms with Crippen LogP contribution in [0.5, 0.6) is 0 Å². The van der Waals surface area contributed by atoms with Crippen LogP contribution in [0.4, 0.5) is 4.39 Å². The summed E-state index contributed by atoms with van der Waals surface area (Å²) in [5, 5.41) is 5.04. The minimum absolute atomic E-state index is 0.291. The average Bonchev–Trinajstić information content (AvgIpc) is 3.84. The Bertz CT molecular complexity index is 3180. The van der Waals surface area contributed by atoms with Gasteiger partial charge in [0.25, 0.3) is 0 Å². The lowest BCUT2D eigenvalue weighted by molar-refractivity contribution is 0.628. The molecule has 268 valence electrons. The Morgan fingerprint density at radius 2 is 0.860 bits per heavy atom. The Hall–Kier alpha value is -6.86. The van der Waals surface area contributed by atoms with Gasteiger partial charge in [-0.25, -0.2) is 14.4 Å². The fraction of sp³-hybridized carbons (Fsp3) is 0. The maximum absolute atomic E-state index is 14.2. The summed E-state index contributed by atoms with van der Waals surface area (Å²) in [5.74, 6) is 0.294. The summed E-state index contributed by atoms with van der Waals surface area (Å²) in [6, 6.07) is 58.4. The van der Waals surface area contributed by atoms with E-state index in [1.807, 2.05) is 59.2 Å². The molecule has 0 atom stereocenters. The molecule has 4 aromatic heterocycles. The van der Waals surface area contributed by atoms with Crippen molar-refractivity contribution in [2.45, 2.75) is 0 Å². The summed E-state index contributed by atoms with van der Waals surface area (Å²) >= 11 is 3.65. The molecule has 0 N–H and O–H groups in total. The largest absolute Gasteiger partial charge is 0.264 e. The first-order chi connectivity index (χ1) is 28.1. The average molecular weight is 768 g/mol. The molecule has 0 aliphatic rings. The third-order valence-corrected chi connectivity index (χ3v) is 12.9. The standard InChI is InChI=1S/C51H30FN3S2/c52-40-18-14-31(15-19-40)45-29-46(55-51(54-45)35-8-5-7-32(23-35)36-9-6-22-53-30-36)39-25-37(33-16-20-49-43(27-33)41-10-1-3-12-47(41)56-49)24-38(26-39)34-17-21-50-44(28-34)42-11-2-4-13-48(42)57-50/h1-30H. The number of nitrogens with zero attached hydrogens (tertiary/aromatic N) is 3. The van der Waals surface area contributed by atoms with Gasteiger partial charge in [-0.15, -0.1) is 22.7 Å². The SMILES string of the molecule is Fc1ccc(-c2cc(-c3cc(-c4ccc5sc6ccccc6c5c4)cc(-c4ccc5sc6ccccc6c5c4)c3)nc(-c3cccc(-c4cccnc4)c3)n2)cc1. The number of benzene rings is 7. The summed E-state index contributed by atoms with van der Waals surface area (Å²) in [6.45, 7) is 0. The molecule has 0 saturated carbocycles. The first-order valence-corrected chi connectivity index (χ1v) is 20.4. The van der Waals surface area contributed by atoms with Crippen LogP contribution in [0.1, 0.15) is 0 Å². The van der Waals surface area contributed by atoms with E-state index in [1.165, 1.54) is 52.5 Å². The van der Waals surface area contributed by atoms with Crippen LogP contribution >= 0.6 is 22.7 Å². The number of thiophene rings is 2. The molecule has 11 rings (SSSR count). The second-order valence-corrected chi connectivity index (χ2v) is 16.4. The van der Waals surface area contributed by atoms with Crippen molar-refractivity contribution < 1.29 is 4.39 Å². The fourth-order valence-electron chi connectivity index (χ4n) is 7.78.